The van der Waals surface area contributed by atoms with Gasteiger partial charge >= 0.3 is 0 Å². The van der Waals surface area contributed by atoms with Gasteiger partial charge in [-0.2, -0.15) is 10.2 Å². The van der Waals surface area contributed by atoms with Crippen LogP contribution in [0.4, 0.5) is 0 Å². The number of piperazine rings is 1. The van der Waals surface area contributed by atoms with Crippen molar-refractivity contribution in [3.8, 4) is 0 Å². The Hall–Kier alpha value is -2.74. The first-order chi connectivity index (χ1) is 14.8. The van der Waals surface area contributed by atoms with Crippen molar-refractivity contribution in [2.75, 3.05) is 26.2 Å². The SMILES string of the molecule is CCC(C)n1ncc2c(C(=O)N3CCN(Cc4c(C)nn(C)c4C)CC3)cc(C)nc21. The van der Waals surface area contributed by atoms with Crippen molar-refractivity contribution in [1.82, 2.24) is 34.3 Å². The van der Waals surface area contributed by atoms with Crippen molar-refractivity contribution in [3.05, 3.63) is 40.5 Å². The minimum atomic E-state index is 0.0765. The average Bonchev–Trinajstić information content (AvgIpc) is 3.28. The van der Waals surface area contributed by atoms with E-state index < -0.39 is 0 Å². The minimum absolute atomic E-state index is 0.0765. The third kappa shape index (κ3) is 3.96. The fraction of sp³-hybridized carbons (Fsp3) is 0.565. The highest BCUT2D eigenvalue weighted by atomic mass is 16.2. The van der Waals surface area contributed by atoms with E-state index in [2.05, 4.69) is 47.8 Å². The molecule has 1 fully saturated rings. The molecule has 4 rings (SSSR count). The van der Waals surface area contributed by atoms with E-state index in [1.54, 1.807) is 6.20 Å². The van der Waals surface area contributed by atoms with E-state index in [-0.39, 0.29) is 11.9 Å². The van der Waals surface area contributed by atoms with Gasteiger partial charge in [0.25, 0.3) is 5.91 Å². The van der Waals surface area contributed by atoms with Gasteiger partial charge in [-0.25, -0.2) is 9.67 Å². The Kier molecular flexibility index (Phi) is 5.83. The van der Waals surface area contributed by atoms with Crippen LogP contribution in [0.3, 0.4) is 0 Å². The summed E-state index contributed by atoms with van der Waals surface area (Å²) in [7, 11) is 1.99. The summed E-state index contributed by atoms with van der Waals surface area (Å²) >= 11 is 0. The van der Waals surface area contributed by atoms with Crippen molar-refractivity contribution in [3.63, 3.8) is 0 Å². The minimum Gasteiger partial charge on any atom is -0.336 e. The number of aromatic nitrogens is 5. The zero-order valence-corrected chi connectivity index (χ0v) is 19.5. The molecule has 0 bridgehead atoms. The summed E-state index contributed by atoms with van der Waals surface area (Å²) in [6.07, 6.45) is 2.76. The van der Waals surface area contributed by atoms with Gasteiger partial charge in [0, 0.05) is 56.7 Å². The van der Waals surface area contributed by atoms with Crippen LogP contribution in [0.5, 0.6) is 0 Å². The van der Waals surface area contributed by atoms with Gasteiger partial charge in [0.15, 0.2) is 5.65 Å². The monoisotopic (exact) mass is 423 g/mol. The van der Waals surface area contributed by atoms with Gasteiger partial charge in [-0.1, -0.05) is 6.92 Å². The Morgan fingerprint density at radius 3 is 2.48 bits per heavy atom. The van der Waals surface area contributed by atoms with Gasteiger partial charge in [0.05, 0.1) is 28.9 Å². The van der Waals surface area contributed by atoms with Gasteiger partial charge in [0.1, 0.15) is 0 Å². The Morgan fingerprint density at radius 2 is 1.87 bits per heavy atom. The van der Waals surface area contributed by atoms with E-state index in [9.17, 15) is 4.79 Å². The third-order valence-corrected chi connectivity index (χ3v) is 6.63. The van der Waals surface area contributed by atoms with Crippen LogP contribution in [0.2, 0.25) is 0 Å². The normalized spacial score (nSPS) is 16.3. The van der Waals surface area contributed by atoms with E-state index in [4.69, 9.17) is 0 Å². The third-order valence-electron chi connectivity index (χ3n) is 6.63. The molecule has 8 nitrogen and oxygen atoms in total. The molecule has 166 valence electrons. The van der Waals surface area contributed by atoms with Crippen LogP contribution in [-0.2, 0) is 13.6 Å². The second kappa shape index (κ2) is 8.42. The summed E-state index contributed by atoms with van der Waals surface area (Å²) in [4.78, 5) is 22.5. The molecule has 0 aliphatic carbocycles. The van der Waals surface area contributed by atoms with Gasteiger partial charge in [0.2, 0.25) is 0 Å². The molecular formula is C23H33N7O. The number of hydrogen-bond donors (Lipinski definition) is 0. The van der Waals surface area contributed by atoms with Crippen LogP contribution >= 0.6 is 0 Å². The fourth-order valence-corrected chi connectivity index (χ4v) is 4.36. The Labute approximate surface area is 183 Å². The lowest BCUT2D eigenvalue weighted by atomic mass is 10.1. The lowest BCUT2D eigenvalue weighted by Gasteiger charge is -2.35. The number of pyridine rings is 1. The van der Waals surface area contributed by atoms with Crippen LogP contribution in [0, 0.1) is 20.8 Å². The molecule has 1 amide bonds. The predicted octanol–water partition coefficient (Wildman–Crippen LogP) is 3.02. The maximum atomic E-state index is 13.4. The zero-order valence-electron chi connectivity index (χ0n) is 19.5. The Balaban J connectivity index is 1.50. The molecule has 0 radical (unpaired) electrons. The molecule has 1 aliphatic heterocycles. The second-order valence-corrected chi connectivity index (χ2v) is 8.74. The number of aryl methyl sites for hydroxylation is 3. The maximum Gasteiger partial charge on any atom is 0.254 e. The summed E-state index contributed by atoms with van der Waals surface area (Å²) in [6.45, 7) is 14.4. The predicted molar refractivity (Wildman–Crippen MR) is 121 cm³/mol. The molecular weight excluding hydrogens is 390 g/mol. The standard InChI is InChI=1S/C23H33N7O/c1-7-16(3)30-22-20(13-24-30)19(12-15(2)25-22)23(31)29-10-8-28(9-11-29)14-21-17(4)26-27(6)18(21)5/h12-13,16H,7-11,14H2,1-6H3. The fourth-order valence-electron chi connectivity index (χ4n) is 4.36. The molecule has 4 heterocycles. The maximum absolute atomic E-state index is 13.4. The van der Waals surface area contributed by atoms with E-state index in [0.717, 1.165) is 61.6 Å². The second-order valence-electron chi connectivity index (χ2n) is 8.74. The molecule has 1 unspecified atom stereocenters. The lowest BCUT2D eigenvalue weighted by Crippen LogP contribution is -2.48. The van der Waals surface area contributed by atoms with Crippen molar-refractivity contribution >= 4 is 16.9 Å². The van der Waals surface area contributed by atoms with Crippen molar-refractivity contribution in [1.29, 1.82) is 0 Å². The first-order valence-corrected chi connectivity index (χ1v) is 11.2. The van der Waals surface area contributed by atoms with Crippen LogP contribution in [0.15, 0.2) is 12.3 Å². The molecule has 0 aromatic carbocycles. The number of hydrogen-bond acceptors (Lipinski definition) is 5. The van der Waals surface area contributed by atoms with Crippen LogP contribution < -0.4 is 0 Å². The number of rotatable bonds is 5. The van der Waals surface area contributed by atoms with Gasteiger partial charge < -0.3 is 4.90 Å². The number of carbonyl (C=O) groups is 1. The number of fused-ring (bicyclic) bond motifs is 1. The first kappa shape index (κ1) is 21.5. The summed E-state index contributed by atoms with van der Waals surface area (Å²) in [5.74, 6) is 0.0765. The smallest absolute Gasteiger partial charge is 0.254 e. The van der Waals surface area contributed by atoms with E-state index in [1.165, 1.54) is 11.3 Å². The largest absolute Gasteiger partial charge is 0.336 e. The van der Waals surface area contributed by atoms with Crippen LogP contribution in [-0.4, -0.2) is 66.4 Å². The van der Waals surface area contributed by atoms with Crippen LogP contribution in [0.25, 0.3) is 11.0 Å². The lowest BCUT2D eigenvalue weighted by molar-refractivity contribution is 0.0629. The van der Waals surface area contributed by atoms with Crippen molar-refractivity contribution in [2.45, 2.75) is 53.6 Å². The highest BCUT2D eigenvalue weighted by Gasteiger charge is 2.26. The van der Waals surface area contributed by atoms with E-state index in [0.29, 0.717) is 5.56 Å². The highest BCUT2D eigenvalue weighted by molar-refractivity contribution is 6.05. The highest BCUT2D eigenvalue weighted by Crippen LogP contribution is 2.24. The van der Waals surface area contributed by atoms with Crippen molar-refractivity contribution < 1.29 is 4.79 Å². The van der Waals surface area contributed by atoms with Crippen LogP contribution in [0.1, 0.15) is 59.3 Å². The molecule has 3 aromatic heterocycles. The summed E-state index contributed by atoms with van der Waals surface area (Å²) < 4.78 is 3.89. The zero-order chi connectivity index (χ0) is 22.3. The van der Waals surface area contributed by atoms with Gasteiger partial charge in [-0.3, -0.25) is 14.4 Å². The quantitative estimate of drug-likeness (QED) is 0.631. The summed E-state index contributed by atoms with van der Waals surface area (Å²) in [6, 6.07) is 2.15. The Morgan fingerprint density at radius 1 is 1.16 bits per heavy atom. The van der Waals surface area contributed by atoms with E-state index >= 15 is 0 Å². The summed E-state index contributed by atoms with van der Waals surface area (Å²) in [5, 5.41) is 9.92. The number of carbonyl (C=O) groups excluding carboxylic acids is 1. The van der Waals surface area contributed by atoms with Crippen molar-refractivity contribution in [2.24, 2.45) is 7.05 Å². The molecule has 8 heteroatoms. The molecule has 1 saturated heterocycles. The summed E-state index contributed by atoms with van der Waals surface area (Å²) in [5.41, 5.74) is 5.96. The number of nitrogens with zero attached hydrogens (tertiary/aromatic N) is 7. The average molecular weight is 424 g/mol. The molecule has 1 atom stereocenters. The molecule has 1 aliphatic rings. The Bertz CT molecular complexity index is 1110. The topological polar surface area (TPSA) is 72.1 Å². The molecule has 31 heavy (non-hydrogen) atoms. The molecule has 0 N–H and O–H groups in total. The first-order valence-electron chi connectivity index (χ1n) is 11.2. The van der Waals surface area contributed by atoms with Gasteiger partial charge in [-0.15, -0.1) is 0 Å². The molecule has 3 aromatic rings. The molecule has 0 spiro atoms. The van der Waals surface area contributed by atoms with Gasteiger partial charge in [-0.05, 0) is 40.2 Å². The number of amides is 1. The van der Waals surface area contributed by atoms with E-state index in [1.807, 2.05) is 34.3 Å². The molecule has 0 saturated carbocycles.